The molecule has 12 heteroatoms. The molecule has 1 aromatic carbocycles. The molecule has 1 aliphatic rings. The van der Waals surface area contributed by atoms with Crippen LogP contribution >= 0.6 is 11.3 Å². The molecule has 0 fully saturated rings. The Hall–Kier alpha value is -2.90. The van der Waals surface area contributed by atoms with Crippen molar-refractivity contribution in [3.63, 3.8) is 0 Å². The zero-order valence-corrected chi connectivity index (χ0v) is 31.3. The lowest BCUT2D eigenvalue weighted by atomic mass is 9.96. The highest BCUT2D eigenvalue weighted by Gasteiger charge is 2.26. The molecule has 1 unspecified atom stereocenters. The monoisotopic (exact) mass is 688 g/mol. The van der Waals surface area contributed by atoms with Crippen molar-refractivity contribution in [3.05, 3.63) is 39.8 Å². The van der Waals surface area contributed by atoms with Crippen LogP contribution in [0, 0.1) is 24.7 Å². The van der Waals surface area contributed by atoms with Gasteiger partial charge in [-0.15, -0.1) is 11.3 Å². The molecule has 7 N–H and O–H groups in total. The van der Waals surface area contributed by atoms with Crippen molar-refractivity contribution in [2.75, 3.05) is 58.5 Å². The van der Waals surface area contributed by atoms with Crippen LogP contribution in [0.3, 0.4) is 0 Å². The van der Waals surface area contributed by atoms with Crippen LogP contribution in [0.25, 0.3) is 0 Å². The van der Waals surface area contributed by atoms with E-state index in [1.54, 1.807) is 6.92 Å². The number of anilines is 1. The lowest BCUT2D eigenvalue weighted by Crippen LogP contribution is -2.52. The SMILES string of the molecule is CCC(CNc1sc(C(=O)NCCNC[C@@H](NC[C@@H](NC[C@@H](N)C(C)C)C(C)C)C(C)C)c(C)c1C(=O)OC)c1ccc2c(c1)OCO2. The Kier molecular flexibility index (Phi) is 15.9. The highest BCUT2D eigenvalue weighted by atomic mass is 32.1. The summed E-state index contributed by atoms with van der Waals surface area (Å²) in [5.74, 6) is 2.34. The maximum atomic E-state index is 13.3. The molecule has 0 bridgehead atoms. The van der Waals surface area contributed by atoms with Gasteiger partial charge in [-0.25, -0.2) is 4.79 Å². The van der Waals surface area contributed by atoms with Gasteiger partial charge in [0, 0.05) is 63.3 Å². The smallest absolute Gasteiger partial charge is 0.341 e. The predicted molar refractivity (Wildman–Crippen MR) is 196 cm³/mol. The molecule has 1 aliphatic heterocycles. The molecule has 2 heterocycles. The second-order valence-electron chi connectivity index (χ2n) is 13.7. The third-order valence-electron chi connectivity index (χ3n) is 9.25. The molecule has 0 saturated heterocycles. The van der Waals surface area contributed by atoms with E-state index in [1.807, 2.05) is 18.2 Å². The van der Waals surface area contributed by atoms with E-state index in [-0.39, 0.29) is 30.7 Å². The summed E-state index contributed by atoms with van der Waals surface area (Å²) < 4.78 is 16.1. The lowest BCUT2D eigenvalue weighted by Gasteiger charge is -2.30. The number of esters is 1. The van der Waals surface area contributed by atoms with Crippen LogP contribution in [-0.4, -0.2) is 83.2 Å². The van der Waals surface area contributed by atoms with E-state index < -0.39 is 5.97 Å². The van der Waals surface area contributed by atoms with E-state index in [2.05, 4.69) is 75.1 Å². The van der Waals surface area contributed by atoms with Crippen LogP contribution in [0.5, 0.6) is 11.5 Å². The highest BCUT2D eigenvalue weighted by Crippen LogP contribution is 2.37. The van der Waals surface area contributed by atoms with E-state index in [9.17, 15) is 9.59 Å². The Bertz CT molecular complexity index is 1320. The van der Waals surface area contributed by atoms with Gasteiger partial charge in [-0.1, -0.05) is 54.5 Å². The second kappa shape index (κ2) is 19.3. The van der Waals surface area contributed by atoms with Crippen molar-refractivity contribution in [2.24, 2.45) is 23.5 Å². The third kappa shape index (κ3) is 11.1. The molecular formula is C36H60N6O5S. The number of nitrogens with two attached hydrogens (primary N) is 1. The zero-order valence-electron chi connectivity index (χ0n) is 30.5. The number of methoxy groups -OCH3 is 1. The summed E-state index contributed by atoms with van der Waals surface area (Å²) in [5.41, 5.74) is 8.40. The number of hydrogen-bond acceptors (Lipinski definition) is 11. The van der Waals surface area contributed by atoms with Crippen LogP contribution in [0.2, 0.25) is 0 Å². The fourth-order valence-corrected chi connectivity index (χ4v) is 6.69. The van der Waals surface area contributed by atoms with Gasteiger partial charge < -0.3 is 46.5 Å². The third-order valence-corrected chi connectivity index (χ3v) is 10.5. The number of rotatable bonds is 21. The largest absolute Gasteiger partial charge is 0.465 e. The number of benzene rings is 1. The Labute approximate surface area is 291 Å². The summed E-state index contributed by atoms with van der Waals surface area (Å²) >= 11 is 1.28. The summed E-state index contributed by atoms with van der Waals surface area (Å²) in [5, 5.41) is 18.0. The van der Waals surface area contributed by atoms with Gasteiger partial charge in [-0.2, -0.15) is 0 Å². The van der Waals surface area contributed by atoms with Crippen molar-refractivity contribution in [1.82, 2.24) is 21.3 Å². The minimum atomic E-state index is -0.465. The van der Waals surface area contributed by atoms with Gasteiger partial charge in [-0.3, -0.25) is 4.79 Å². The average molecular weight is 689 g/mol. The average Bonchev–Trinajstić information content (AvgIpc) is 3.66. The van der Waals surface area contributed by atoms with Crippen LogP contribution in [-0.2, 0) is 4.74 Å². The fraction of sp³-hybridized carbons (Fsp3) is 0.667. The Balaban J connectivity index is 1.53. The van der Waals surface area contributed by atoms with Crippen LogP contribution < -0.4 is 41.8 Å². The second-order valence-corrected chi connectivity index (χ2v) is 14.8. The van der Waals surface area contributed by atoms with Gasteiger partial charge in [0.05, 0.1) is 17.6 Å². The van der Waals surface area contributed by atoms with Crippen molar-refractivity contribution >= 4 is 28.2 Å². The predicted octanol–water partition coefficient (Wildman–Crippen LogP) is 4.71. The molecule has 0 radical (unpaired) electrons. The van der Waals surface area contributed by atoms with Gasteiger partial charge in [0.15, 0.2) is 11.5 Å². The van der Waals surface area contributed by atoms with E-state index >= 15 is 0 Å². The number of hydrogen-bond donors (Lipinski definition) is 6. The fourth-order valence-electron chi connectivity index (χ4n) is 5.57. The van der Waals surface area contributed by atoms with E-state index in [0.29, 0.717) is 64.4 Å². The first kappa shape index (κ1) is 39.5. The first-order valence-corrected chi connectivity index (χ1v) is 18.3. The normalized spacial score (nSPS) is 15.1. The Morgan fingerprint density at radius 3 is 2.23 bits per heavy atom. The lowest BCUT2D eigenvalue weighted by molar-refractivity contribution is 0.0601. The first-order valence-electron chi connectivity index (χ1n) is 17.4. The summed E-state index contributed by atoms with van der Waals surface area (Å²) in [6.07, 6.45) is 0.875. The maximum absolute atomic E-state index is 13.3. The van der Waals surface area contributed by atoms with Gasteiger partial charge in [0.25, 0.3) is 5.91 Å². The van der Waals surface area contributed by atoms with Crippen LogP contribution in [0.1, 0.15) is 92.0 Å². The molecule has 0 saturated carbocycles. The molecule has 1 aromatic heterocycles. The van der Waals surface area contributed by atoms with Crippen LogP contribution in [0.15, 0.2) is 18.2 Å². The molecule has 4 atom stereocenters. The van der Waals surface area contributed by atoms with E-state index in [1.165, 1.54) is 18.4 Å². The molecule has 1 amide bonds. The van der Waals surface area contributed by atoms with Crippen molar-refractivity contribution in [3.8, 4) is 11.5 Å². The maximum Gasteiger partial charge on any atom is 0.341 e. The summed E-state index contributed by atoms with van der Waals surface area (Å²) in [7, 11) is 1.36. The quantitative estimate of drug-likeness (QED) is 0.0805. The summed E-state index contributed by atoms with van der Waals surface area (Å²) in [6, 6.07) is 6.73. The highest BCUT2D eigenvalue weighted by molar-refractivity contribution is 7.18. The van der Waals surface area contributed by atoms with Gasteiger partial charge in [0.1, 0.15) is 5.00 Å². The van der Waals surface area contributed by atoms with Crippen molar-refractivity contribution in [1.29, 1.82) is 0 Å². The van der Waals surface area contributed by atoms with Gasteiger partial charge >= 0.3 is 5.97 Å². The van der Waals surface area contributed by atoms with Crippen LogP contribution in [0.4, 0.5) is 5.00 Å². The van der Waals surface area contributed by atoms with Gasteiger partial charge in [-0.05, 0) is 54.4 Å². The molecular weight excluding hydrogens is 629 g/mol. The molecule has 270 valence electrons. The number of fused-ring (bicyclic) bond motifs is 1. The Morgan fingerprint density at radius 2 is 1.58 bits per heavy atom. The standard InChI is InChI=1S/C36H60N6O5S/c1-10-25(26-11-12-30-31(15-26)47-20-46-30)16-42-35-32(36(44)45-9)24(8)33(48-35)34(43)39-14-13-38-18-28(22(4)5)41-19-29(23(6)7)40-17-27(37)21(2)3/h11-12,15,21-23,25,27-29,38,40-42H,10,13-14,16-20,37H2,1-9H3,(H,39,43)/t25?,27-,28-,29-/m1/s1. The first-order chi connectivity index (χ1) is 22.9. The number of nitrogens with one attached hydrogen (secondary N) is 5. The van der Waals surface area contributed by atoms with Gasteiger partial charge in [0.2, 0.25) is 6.79 Å². The minimum Gasteiger partial charge on any atom is -0.465 e. The molecule has 48 heavy (non-hydrogen) atoms. The molecule has 11 nitrogen and oxygen atoms in total. The summed E-state index contributed by atoms with van der Waals surface area (Å²) in [4.78, 5) is 26.6. The number of amides is 1. The minimum absolute atomic E-state index is 0.137. The van der Waals surface area contributed by atoms with E-state index in [4.69, 9.17) is 19.9 Å². The number of thiophene rings is 1. The summed E-state index contributed by atoms with van der Waals surface area (Å²) in [6.45, 7) is 21.5. The molecule has 0 aliphatic carbocycles. The zero-order chi connectivity index (χ0) is 35.4. The molecule has 2 aromatic rings. The molecule has 3 rings (SSSR count). The number of ether oxygens (including phenoxy) is 3. The molecule has 0 spiro atoms. The number of carbonyl (C=O) groups excluding carboxylic acids is 2. The van der Waals surface area contributed by atoms with Crippen molar-refractivity contribution in [2.45, 2.75) is 85.9 Å². The van der Waals surface area contributed by atoms with Crippen molar-refractivity contribution < 1.29 is 23.8 Å². The number of carbonyl (C=O) groups is 2. The Morgan fingerprint density at radius 1 is 0.917 bits per heavy atom. The topological polar surface area (TPSA) is 148 Å². The van der Waals surface area contributed by atoms with E-state index in [0.717, 1.165) is 43.1 Å².